The van der Waals surface area contributed by atoms with Gasteiger partial charge in [-0.1, -0.05) is 19.8 Å². The highest BCUT2D eigenvalue weighted by Crippen LogP contribution is 2.34. The van der Waals surface area contributed by atoms with E-state index in [1.807, 2.05) is 12.1 Å². The molecule has 0 spiro atoms. The van der Waals surface area contributed by atoms with Crippen molar-refractivity contribution in [3.8, 4) is 6.07 Å². The molecule has 1 N–H and O–H groups in total. The summed E-state index contributed by atoms with van der Waals surface area (Å²) >= 11 is 0. The van der Waals surface area contributed by atoms with E-state index in [1.54, 1.807) is 6.20 Å². The number of nitrogens with one attached hydrogen (secondary N) is 1. The second kappa shape index (κ2) is 5.79. The van der Waals surface area contributed by atoms with Crippen molar-refractivity contribution in [2.45, 2.75) is 45.2 Å². The molecule has 1 atom stereocenters. The molecule has 0 saturated heterocycles. The summed E-state index contributed by atoms with van der Waals surface area (Å²) in [7, 11) is 0. The lowest BCUT2D eigenvalue weighted by atomic mass is 10.1. The van der Waals surface area contributed by atoms with Crippen LogP contribution in [0.4, 0.5) is 0 Å². The Bertz CT molecular complexity index is 404. The Hall–Kier alpha value is -1.40. The minimum absolute atomic E-state index is 0.500. The van der Waals surface area contributed by atoms with Crippen LogP contribution in [0.15, 0.2) is 18.3 Å². The van der Waals surface area contributed by atoms with E-state index in [0.717, 1.165) is 18.0 Å². The molecule has 1 aromatic heterocycles. The van der Waals surface area contributed by atoms with Crippen LogP contribution >= 0.6 is 0 Å². The van der Waals surface area contributed by atoms with E-state index in [2.05, 4.69) is 23.3 Å². The quantitative estimate of drug-likeness (QED) is 0.815. The van der Waals surface area contributed by atoms with Crippen LogP contribution in [0.5, 0.6) is 0 Å². The molecule has 0 amide bonds. The maximum absolute atomic E-state index is 8.78. The second-order valence-corrected chi connectivity index (χ2v) is 4.83. The number of nitrogens with zero attached hydrogens (tertiary/aromatic N) is 2. The summed E-state index contributed by atoms with van der Waals surface area (Å²) < 4.78 is 0. The Balaban J connectivity index is 1.84. The average molecular weight is 229 g/mol. The summed E-state index contributed by atoms with van der Waals surface area (Å²) in [4.78, 5) is 3.97. The number of rotatable bonds is 6. The molecule has 17 heavy (non-hydrogen) atoms. The van der Waals surface area contributed by atoms with E-state index in [-0.39, 0.29) is 0 Å². The van der Waals surface area contributed by atoms with Crippen molar-refractivity contribution in [1.29, 1.82) is 5.26 Å². The van der Waals surface area contributed by atoms with E-state index >= 15 is 0 Å². The van der Waals surface area contributed by atoms with Gasteiger partial charge in [0.2, 0.25) is 0 Å². The molecule has 1 aliphatic rings. The van der Waals surface area contributed by atoms with Crippen molar-refractivity contribution in [2.75, 3.05) is 0 Å². The van der Waals surface area contributed by atoms with E-state index in [9.17, 15) is 0 Å². The summed E-state index contributed by atoms with van der Waals surface area (Å²) in [5.74, 6) is 0.958. The Morgan fingerprint density at radius 3 is 3.06 bits per heavy atom. The largest absolute Gasteiger partial charge is 0.310 e. The van der Waals surface area contributed by atoms with Crippen LogP contribution in [0.2, 0.25) is 0 Å². The zero-order valence-electron chi connectivity index (χ0n) is 10.3. The molecule has 1 fully saturated rings. The Morgan fingerprint density at radius 1 is 1.59 bits per heavy atom. The highest BCUT2D eigenvalue weighted by Gasteiger charge is 2.24. The Kier molecular flexibility index (Phi) is 4.11. The van der Waals surface area contributed by atoms with Gasteiger partial charge in [-0.2, -0.15) is 5.26 Å². The first-order valence-corrected chi connectivity index (χ1v) is 6.40. The topological polar surface area (TPSA) is 48.7 Å². The van der Waals surface area contributed by atoms with Gasteiger partial charge in [-0.05, 0) is 36.5 Å². The molecule has 1 heterocycles. The maximum atomic E-state index is 8.78. The third-order valence-corrected chi connectivity index (χ3v) is 3.34. The molecule has 0 bridgehead atoms. The first-order valence-electron chi connectivity index (χ1n) is 6.40. The number of pyridine rings is 1. The summed E-state index contributed by atoms with van der Waals surface area (Å²) in [6, 6.07) is 6.51. The van der Waals surface area contributed by atoms with Crippen LogP contribution in [0.25, 0.3) is 0 Å². The fourth-order valence-electron chi connectivity index (χ4n) is 2.06. The number of hydrogen-bond donors (Lipinski definition) is 1. The molecule has 0 radical (unpaired) electrons. The van der Waals surface area contributed by atoms with Gasteiger partial charge in [0.05, 0.1) is 0 Å². The molecule has 1 aromatic rings. The number of aromatic nitrogens is 1. The highest BCUT2D eigenvalue weighted by molar-refractivity contribution is 5.25. The van der Waals surface area contributed by atoms with Crippen LogP contribution in [-0.2, 0) is 6.54 Å². The fourth-order valence-corrected chi connectivity index (χ4v) is 2.06. The van der Waals surface area contributed by atoms with Gasteiger partial charge >= 0.3 is 0 Å². The van der Waals surface area contributed by atoms with Crippen molar-refractivity contribution in [1.82, 2.24) is 10.3 Å². The number of nitriles is 1. The summed E-state index contributed by atoms with van der Waals surface area (Å²) in [5, 5.41) is 12.4. The van der Waals surface area contributed by atoms with Crippen molar-refractivity contribution < 1.29 is 0 Å². The molecular formula is C14H19N3. The van der Waals surface area contributed by atoms with Gasteiger partial charge < -0.3 is 5.32 Å². The summed E-state index contributed by atoms with van der Waals surface area (Å²) in [5.41, 5.74) is 1.64. The molecule has 3 heteroatoms. The molecule has 3 nitrogen and oxygen atoms in total. The van der Waals surface area contributed by atoms with Gasteiger partial charge in [0.25, 0.3) is 0 Å². The van der Waals surface area contributed by atoms with Crippen molar-refractivity contribution >= 4 is 0 Å². The lowest BCUT2D eigenvalue weighted by molar-refractivity contribution is 0.445. The molecule has 1 unspecified atom stereocenters. The lowest BCUT2D eigenvalue weighted by Crippen LogP contribution is -2.28. The summed E-state index contributed by atoms with van der Waals surface area (Å²) in [6.07, 6.45) is 6.99. The minimum Gasteiger partial charge on any atom is -0.310 e. The van der Waals surface area contributed by atoms with E-state index in [1.165, 1.54) is 25.7 Å². The first-order chi connectivity index (χ1) is 8.31. The van der Waals surface area contributed by atoms with E-state index in [4.69, 9.17) is 5.26 Å². The van der Waals surface area contributed by atoms with Crippen LogP contribution in [0, 0.1) is 17.2 Å². The normalized spacial score (nSPS) is 16.5. The molecule has 90 valence electrons. The fraction of sp³-hybridized carbons (Fsp3) is 0.571. The van der Waals surface area contributed by atoms with Crippen molar-refractivity contribution in [3.05, 3.63) is 29.6 Å². The Labute approximate surface area is 103 Å². The van der Waals surface area contributed by atoms with E-state index in [0.29, 0.717) is 11.7 Å². The average Bonchev–Trinajstić information content (AvgIpc) is 3.18. The van der Waals surface area contributed by atoms with Gasteiger partial charge in [-0.25, -0.2) is 4.98 Å². The summed E-state index contributed by atoms with van der Waals surface area (Å²) in [6.45, 7) is 3.07. The van der Waals surface area contributed by atoms with Crippen LogP contribution in [-0.4, -0.2) is 11.0 Å². The van der Waals surface area contributed by atoms with Gasteiger partial charge in [0, 0.05) is 18.8 Å². The van der Waals surface area contributed by atoms with Crippen molar-refractivity contribution in [2.24, 2.45) is 5.92 Å². The SMILES string of the molecule is CCC(CC1CC1)NCc1ccnc(C#N)c1. The van der Waals surface area contributed by atoms with Gasteiger partial charge in [0.15, 0.2) is 0 Å². The third kappa shape index (κ3) is 3.83. The standard InChI is InChI=1S/C14H19N3/c1-2-13(7-11-3-4-11)17-10-12-5-6-16-14(8-12)9-15/h5-6,8,11,13,17H,2-4,7,10H2,1H3. The molecule has 2 rings (SSSR count). The monoisotopic (exact) mass is 229 g/mol. The van der Waals surface area contributed by atoms with Crippen molar-refractivity contribution in [3.63, 3.8) is 0 Å². The molecular weight excluding hydrogens is 210 g/mol. The predicted molar refractivity (Wildman–Crippen MR) is 67.2 cm³/mol. The van der Waals surface area contributed by atoms with Gasteiger partial charge in [0.1, 0.15) is 11.8 Å². The van der Waals surface area contributed by atoms with E-state index < -0.39 is 0 Å². The molecule has 0 aromatic carbocycles. The number of hydrogen-bond acceptors (Lipinski definition) is 3. The van der Waals surface area contributed by atoms with Gasteiger partial charge in [-0.15, -0.1) is 0 Å². The first kappa shape index (κ1) is 12.1. The second-order valence-electron chi connectivity index (χ2n) is 4.83. The molecule has 1 saturated carbocycles. The molecule has 0 aliphatic heterocycles. The third-order valence-electron chi connectivity index (χ3n) is 3.34. The van der Waals surface area contributed by atoms with Crippen LogP contribution in [0.3, 0.4) is 0 Å². The smallest absolute Gasteiger partial charge is 0.140 e. The van der Waals surface area contributed by atoms with Gasteiger partial charge in [-0.3, -0.25) is 0 Å². The van der Waals surface area contributed by atoms with Crippen LogP contribution < -0.4 is 5.32 Å². The molecule has 1 aliphatic carbocycles. The zero-order valence-corrected chi connectivity index (χ0v) is 10.3. The minimum atomic E-state index is 0.500. The lowest BCUT2D eigenvalue weighted by Gasteiger charge is -2.16. The Morgan fingerprint density at radius 2 is 2.41 bits per heavy atom. The van der Waals surface area contributed by atoms with Crippen LogP contribution in [0.1, 0.15) is 43.9 Å². The maximum Gasteiger partial charge on any atom is 0.140 e. The highest BCUT2D eigenvalue weighted by atomic mass is 14.9. The predicted octanol–water partition coefficient (Wildman–Crippen LogP) is 2.62. The zero-order chi connectivity index (χ0) is 12.1.